The third kappa shape index (κ3) is 3.38. The molecular formula is C23H15F3O. The molecule has 3 aromatic carbocycles. The van der Waals surface area contributed by atoms with E-state index in [1.165, 1.54) is 18.2 Å². The molecule has 0 fully saturated rings. The van der Waals surface area contributed by atoms with Crippen molar-refractivity contribution in [1.82, 2.24) is 0 Å². The van der Waals surface area contributed by atoms with Crippen molar-refractivity contribution in [3.8, 4) is 0 Å². The van der Waals surface area contributed by atoms with Gasteiger partial charge in [-0.05, 0) is 42.0 Å². The molecule has 27 heavy (non-hydrogen) atoms. The molecule has 0 saturated carbocycles. The van der Waals surface area contributed by atoms with Gasteiger partial charge in [0.05, 0.1) is 5.56 Å². The second-order valence-corrected chi connectivity index (χ2v) is 6.15. The Morgan fingerprint density at radius 3 is 1.81 bits per heavy atom. The Morgan fingerprint density at radius 2 is 1.19 bits per heavy atom. The van der Waals surface area contributed by atoms with Crippen LogP contribution in [0.25, 0.3) is 11.3 Å². The van der Waals surface area contributed by atoms with Crippen LogP contribution in [0.3, 0.4) is 0 Å². The zero-order valence-electron chi connectivity index (χ0n) is 14.2. The van der Waals surface area contributed by atoms with Crippen LogP contribution in [0.5, 0.6) is 0 Å². The van der Waals surface area contributed by atoms with Gasteiger partial charge in [-0.1, -0.05) is 48.5 Å². The van der Waals surface area contributed by atoms with E-state index < -0.39 is 23.6 Å². The van der Waals surface area contributed by atoms with E-state index >= 15 is 0 Å². The molecular weight excluding hydrogens is 349 g/mol. The Balaban J connectivity index is 1.86. The number of allylic oxidation sites excluding steroid dienone is 2. The van der Waals surface area contributed by atoms with Crippen molar-refractivity contribution in [3.63, 3.8) is 0 Å². The van der Waals surface area contributed by atoms with Crippen LogP contribution in [-0.2, 0) is 4.74 Å². The van der Waals surface area contributed by atoms with Gasteiger partial charge in [0, 0.05) is 11.1 Å². The molecule has 0 saturated heterocycles. The SMILES string of the molecule is Fc1ccccc1C1=CC(c2ccccc2F)OC(c2ccccc2F)=C1. The quantitative estimate of drug-likeness (QED) is 0.530. The van der Waals surface area contributed by atoms with Crippen molar-refractivity contribution in [2.45, 2.75) is 6.10 Å². The van der Waals surface area contributed by atoms with Gasteiger partial charge in [-0.3, -0.25) is 0 Å². The molecule has 0 radical (unpaired) electrons. The summed E-state index contributed by atoms with van der Waals surface area (Å²) in [5.74, 6) is -1.10. The molecule has 4 rings (SSSR count). The lowest BCUT2D eigenvalue weighted by Gasteiger charge is -2.25. The number of halogens is 3. The minimum absolute atomic E-state index is 0.224. The van der Waals surface area contributed by atoms with Gasteiger partial charge in [-0.2, -0.15) is 0 Å². The minimum atomic E-state index is -0.805. The summed E-state index contributed by atoms with van der Waals surface area (Å²) >= 11 is 0. The number of hydrogen-bond donors (Lipinski definition) is 0. The van der Waals surface area contributed by atoms with E-state index in [2.05, 4.69) is 0 Å². The first-order valence-corrected chi connectivity index (χ1v) is 8.48. The normalized spacial score (nSPS) is 16.3. The fourth-order valence-corrected chi connectivity index (χ4v) is 3.08. The van der Waals surface area contributed by atoms with E-state index in [9.17, 15) is 13.2 Å². The maximum Gasteiger partial charge on any atom is 0.146 e. The highest BCUT2D eigenvalue weighted by atomic mass is 19.1. The first-order chi connectivity index (χ1) is 13.1. The molecule has 4 heteroatoms. The lowest BCUT2D eigenvalue weighted by Crippen LogP contribution is -2.09. The summed E-state index contributed by atoms with van der Waals surface area (Å²) in [5, 5.41) is 0. The zero-order valence-corrected chi connectivity index (χ0v) is 14.2. The maximum atomic E-state index is 14.3. The summed E-state index contributed by atoms with van der Waals surface area (Å²) in [6.45, 7) is 0. The summed E-state index contributed by atoms with van der Waals surface area (Å²) in [5.41, 5.74) is 1.39. The molecule has 1 aliphatic heterocycles. The van der Waals surface area contributed by atoms with E-state index in [0.29, 0.717) is 16.7 Å². The fraction of sp³-hybridized carbons (Fsp3) is 0.0435. The number of benzene rings is 3. The molecule has 0 amide bonds. The molecule has 1 nitrogen and oxygen atoms in total. The van der Waals surface area contributed by atoms with Crippen LogP contribution in [0.1, 0.15) is 22.8 Å². The van der Waals surface area contributed by atoms with Crippen LogP contribution < -0.4 is 0 Å². The van der Waals surface area contributed by atoms with Crippen LogP contribution in [0, 0.1) is 17.5 Å². The smallest absolute Gasteiger partial charge is 0.146 e. The summed E-state index contributed by atoms with van der Waals surface area (Å²) in [6, 6.07) is 18.6. The van der Waals surface area contributed by atoms with Crippen LogP contribution in [0.15, 0.2) is 84.9 Å². The third-order valence-corrected chi connectivity index (χ3v) is 4.41. The average Bonchev–Trinajstić information content (AvgIpc) is 2.69. The first-order valence-electron chi connectivity index (χ1n) is 8.48. The maximum absolute atomic E-state index is 14.3. The monoisotopic (exact) mass is 364 g/mol. The lowest BCUT2D eigenvalue weighted by atomic mass is 9.96. The van der Waals surface area contributed by atoms with E-state index in [-0.39, 0.29) is 11.3 Å². The van der Waals surface area contributed by atoms with Crippen molar-refractivity contribution in [1.29, 1.82) is 0 Å². The Kier molecular flexibility index (Phi) is 4.55. The fourth-order valence-electron chi connectivity index (χ4n) is 3.08. The van der Waals surface area contributed by atoms with Gasteiger partial charge in [0.15, 0.2) is 0 Å². The summed E-state index contributed by atoms with van der Waals surface area (Å²) in [7, 11) is 0. The molecule has 0 N–H and O–H groups in total. The van der Waals surface area contributed by atoms with E-state index in [1.807, 2.05) is 0 Å². The average molecular weight is 364 g/mol. The zero-order chi connectivity index (χ0) is 18.8. The largest absolute Gasteiger partial charge is 0.481 e. The van der Waals surface area contributed by atoms with Gasteiger partial charge in [-0.15, -0.1) is 0 Å². The molecule has 1 aliphatic rings. The molecule has 3 aromatic rings. The van der Waals surface area contributed by atoms with E-state index in [0.717, 1.165) is 0 Å². The van der Waals surface area contributed by atoms with Gasteiger partial charge >= 0.3 is 0 Å². The topological polar surface area (TPSA) is 9.23 Å². The Labute approximate surface area is 155 Å². The lowest BCUT2D eigenvalue weighted by molar-refractivity contribution is 0.207. The summed E-state index contributed by atoms with van der Waals surface area (Å²) in [4.78, 5) is 0. The van der Waals surface area contributed by atoms with Crippen LogP contribution in [0.2, 0.25) is 0 Å². The van der Waals surface area contributed by atoms with Crippen LogP contribution in [0.4, 0.5) is 13.2 Å². The highest BCUT2D eigenvalue weighted by molar-refractivity contribution is 5.84. The van der Waals surface area contributed by atoms with Crippen LogP contribution in [-0.4, -0.2) is 0 Å². The third-order valence-electron chi connectivity index (χ3n) is 4.41. The Hall–Kier alpha value is -3.27. The standard InChI is InChI=1S/C23H15F3O/c24-19-10-4-1-7-16(19)15-13-22(17-8-2-5-11-20(17)25)27-23(14-15)18-9-3-6-12-21(18)26/h1-14,22H. The Morgan fingerprint density at radius 1 is 0.630 bits per heavy atom. The summed E-state index contributed by atoms with van der Waals surface area (Å²) in [6.07, 6.45) is 2.41. The van der Waals surface area contributed by atoms with Gasteiger partial charge in [-0.25, -0.2) is 13.2 Å². The van der Waals surface area contributed by atoms with Gasteiger partial charge in [0.1, 0.15) is 29.3 Å². The summed E-state index contributed by atoms with van der Waals surface area (Å²) < 4.78 is 48.8. The number of ether oxygens (including phenoxy) is 1. The highest BCUT2D eigenvalue weighted by Crippen LogP contribution is 2.38. The second kappa shape index (κ2) is 7.16. The van der Waals surface area contributed by atoms with E-state index in [1.54, 1.807) is 66.7 Å². The van der Waals surface area contributed by atoms with Crippen molar-refractivity contribution >= 4 is 11.3 Å². The molecule has 1 unspecified atom stereocenters. The predicted octanol–water partition coefficient (Wildman–Crippen LogP) is 6.30. The highest BCUT2D eigenvalue weighted by Gasteiger charge is 2.24. The molecule has 1 heterocycles. The second-order valence-electron chi connectivity index (χ2n) is 6.15. The van der Waals surface area contributed by atoms with E-state index in [4.69, 9.17) is 4.74 Å². The van der Waals surface area contributed by atoms with Gasteiger partial charge in [0.25, 0.3) is 0 Å². The first kappa shape index (κ1) is 17.2. The molecule has 0 aliphatic carbocycles. The van der Waals surface area contributed by atoms with Gasteiger partial charge in [0.2, 0.25) is 0 Å². The molecule has 0 aromatic heterocycles. The molecule has 0 bridgehead atoms. The minimum Gasteiger partial charge on any atom is -0.481 e. The van der Waals surface area contributed by atoms with Crippen molar-refractivity contribution in [3.05, 3.63) is 119 Å². The number of hydrogen-bond acceptors (Lipinski definition) is 1. The van der Waals surface area contributed by atoms with Crippen LogP contribution >= 0.6 is 0 Å². The molecule has 134 valence electrons. The predicted molar refractivity (Wildman–Crippen MR) is 99.0 cm³/mol. The van der Waals surface area contributed by atoms with Crippen molar-refractivity contribution in [2.24, 2.45) is 0 Å². The molecule has 0 spiro atoms. The number of rotatable bonds is 3. The van der Waals surface area contributed by atoms with Crippen molar-refractivity contribution < 1.29 is 17.9 Å². The van der Waals surface area contributed by atoms with Gasteiger partial charge < -0.3 is 4.74 Å². The Bertz CT molecular complexity index is 1050. The molecule has 1 atom stereocenters. The van der Waals surface area contributed by atoms with Crippen molar-refractivity contribution in [2.75, 3.05) is 0 Å².